The number of carboxylic acids is 1. The molecule has 140 valence electrons. The first-order valence-electron chi connectivity index (χ1n) is 8.19. The van der Waals surface area contributed by atoms with Crippen LogP contribution in [0.3, 0.4) is 0 Å². The summed E-state index contributed by atoms with van der Waals surface area (Å²) in [6.07, 6.45) is -1.40. The molecule has 10 nitrogen and oxygen atoms in total. The zero-order valence-corrected chi connectivity index (χ0v) is 14.2. The number of hydrogen-bond donors (Lipinski definition) is 4. The van der Waals surface area contributed by atoms with Crippen molar-refractivity contribution in [2.24, 2.45) is 0 Å². The smallest absolute Gasteiger partial charge is 0.335 e. The van der Waals surface area contributed by atoms with E-state index in [1.807, 2.05) is 0 Å². The van der Waals surface area contributed by atoms with Gasteiger partial charge in [0.25, 0.3) is 0 Å². The summed E-state index contributed by atoms with van der Waals surface area (Å²) in [5.41, 5.74) is 2.34. The van der Waals surface area contributed by atoms with Gasteiger partial charge in [0.2, 0.25) is 17.4 Å². The van der Waals surface area contributed by atoms with Gasteiger partial charge >= 0.3 is 5.97 Å². The molecule has 0 saturated heterocycles. The molecule has 1 saturated carbocycles. The standard InChI is InChI=1S/C18H13N5O5/c24-14-13(15(25)16(14)26)19-12-6-10(5-11(7-12)17-20-22-23-21-17)8-2-1-3-9(4-8)18(27)28/h1-7,13-14,19,24H,(H,27,28)(H,20,21,22,23). The number of carboxylic acid groups (broad SMARTS) is 1. The van der Waals surface area contributed by atoms with Crippen molar-refractivity contribution in [3.8, 4) is 22.5 Å². The van der Waals surface area contributed by atoms with Gasteiger partial charge in [-0.15, -0.1) is 10.2 Å². The molecule has 0 aliphatic heterocycles. The number of carbonyl (C=O) groups excluding carboxylic acids is 2. The van der Waals surface area contributed by atoms with Crippen molar-refractivity contribution in [1.29, 1.82) is 0 Å². The molecular formula is C18H13N5O5. The van der Waals surface area contributed by atoms with E-state index in [2.05, 4.69) is 25.9 Å². The first kappa shape index (κ1) is 17.5. The number of benzene rings is 2. The van der Waals surface area contributed by atoms with Crippen LogP contribution in [0.15, 0.2) is 42.5 Å². The van der Waals surface area contributed by atoms with Crippen LogP contribution >= 0.6 is 0 Å². The Labute approximate surface area is 157 Å². The highest BCUT2D eigenvalue weighted by Crippen LogP contribution is 2.30. The molecule has 4 rings (SSSR count). The zero-order valence-electron chi connectivity index (χ0n) is 14.2. The number of nitrogens with zero attached hydrogens (tertiary/aromatic N) is 3. The Bertz CT molecular complexity index is 1100. The number of aromatic nitrogens is 4. The number of aromatic carboxylic acids is 1. The third-order valence-electron chi connectivity index (χ3n) is 4.41. The van der Waals surface area contributed by atoms with Crippen LogP contribution in [0.25, 0.3) is 22.5 Å². The Morgan fingerprint density at radius 3 is 2.50 bits per heavy atom. The van der Waals surface area contributed by atoms with E-state index in [9.17, 15) is 24.6 Å². The average molecular weight is 379 g/mol. The lowest BCUT2D eigenvalue weighted by atomic mass is 9.85. The Hall–Kier alpha value is -3.92. The van der Waals surface area contributed by atoms with Gasteiger partial charge in [-0.1, -0.05) is 12.1 Å². The number of anilines is 1. The second kappa shape index (κ2) is 6.67. The van der Waals surface area contributed by atoms with Gasteiger partial charge in [-0.2, -0.15) is 5.21 Å². The molecule has 1 fully saturated rings. The second-order valence-corrected chi connectivity index (χ2v) is 6.22. The molecule has 0 spiro atoms. The lowest BCUT2D eigenvalue weighted by Gasteiger charge is -2.30. The molecule has 4 N–H and O–H groups in total. The summed E-state index contributed by atoms with van der Waals surface area (Å²) in [4.78, 5) is 34.2. The number of aromatic amines is 1. The average Bonchev–Trinajstić information content (AvgIpc) is 3.26. The fourth-order valence-electron chi connectivity index (χ4n) is 2.94. The van der Waals surface area contributed by atoms with Crippen molar-refractivity contribution in [3.05, 3.63) is 48.0 Å². The SMILES string of the molecule is O=C(O)c1cccc(-c2cc(NC3C(=O)C(=O)C3O)cc(-c3nn[nH]n3)c2)c1. The molecule has 0 amide bonds. The molecule has 2 unspecified atom stereocenters. The molecule has 0 bridgehead atoms. The normalized spacial score (nSPS) is 18.6. The van der Waals surface area contributed by atoms with Crippen LogP contribution in [-0.4, -0.2) is 60.5 Å². The fourth-order valence-corrected chi connectivity index (χ4v) is 2.94. The van der Waals surface area contributed by atoms with Crippen molar-refractivity contribution >= 4 is 23.2 Å². The summed E-state index contributed by atoms with van der Waals surface area (Å²) >= 11 is 0. The Kier molecular flexibility index (Phi) is 4.17. The van der Waals surface area contributed by atoms with Crippen LogP contribution in [-0.2, 0) is 9.59 Å². The predicted molar refractivity (Wildman–Crippen MR) is 95.4 cm³/mol. The number of rotatable bonds is 5. The van der Waals surface area contributed by atoms with E-state index in [1.54, 1.807) is 30.3 Å². The highest BCUT2D eigenvalue weighted by atomic mass is 16.4. The van der Waals surface area contributed by atoms with Gasteiger partial charge in [-0.05, 0) is 46.7 Å². The Morgan fingerprint density at radius 2 is 1.82 bits per heavy atom. The Balaban J connectivity index is 1.77. The van der Waals surface area contributed by atoms with Crippen LogP contribution in [0.1, 0.15) is 10.4 Å². The van der Waals surface area contributed by atoms with Gasteiger partial charge in [0.15, 0.2) is 0 Å². The van der Waals surface area contributed by atoms with Gasteiger partial charge in [-0.3, -0.25) is 9.59 Å². The van der Waals surface area contributed by atoms with Gasteiger partial charge in [0.05, 0.1) is 5.56 Å². The lowest BCUT2D eigenvalue weighted by molar-refractivity contribution is -0.152. The quantitative estimate of drug-likeness (QED) is 0.464. The van der Waals surface area contributed by atoms with Gasteiger partial charge in [-0.25, -0.2) is 4.79 Å². The highest BCUT2D eigenvalue weighted by molar-refractivity contribution is 6.49. The van der Waals surface area contributed by atoms with E-state index in [4.69, 9.17) is 0 Å². The summed E-state index contributed by atoms with van der Waals surface area (Å²) in [7, 11) is 0. The molecule has 28 heavy (non-hydrogen) atoms. The maximum absolute atomic E-state index is 11.7. The molecule has 1 aliphatic rings. The monoisotopic (exact) mass is 379 g/mol. The van der Waals surface area contributed by atoms with Gasteiger partial charge < -0.3 is 15.5 Å². The number of tetrazole rings is 1. The van der Waals surface area contributed by atoms with Gasteiger partial charge in [0.1, 0.15) is 12.1 Å². The molecule has 1 aromatic heterocycles. The third kappa shape index (κ3) is 3.01. The topological polar surface area (TPSA) is 158 Å². The fraction of sp³-hybridized carbons (Fsp3) is 0.111. The van der Waals surface area contributed by atoms with E-state index < -0.39 is 29.7 Å². The summed E-state index contributed by atoms with van der Waals surface area (Å²) in [6.45, 7) is 0. The number of aliphatic hydroxyl groups excluding tert-OH is 1. The van der Waals surface area contributed by atoms with E-state index in [0.29, 0.717) is 22.4 Å². The van der Waals surface area contributed by atoms with Crippen molar-refractivity contribution in [1.82, 2.24) is 20.6 Å². The largest absolute Gasteiger partial charge is 0.478 e. The molecule has 2 atom stereocenters. The van der Waals surface area contributed by atoms with Gasteiger partial charge in [0, 0.05) is 11.3 Å². The second-order valence-electron chi connectivity index (χ2n) is 6.22. The molecule has 3 aromatic rings. The van der Waals surface area contributed by atoms with Crippen LogP contribution in [0.5, 0.6) is 0 Å². The van der Waals surface area contributed by atoms with Crippen LogP contribution in [0, 0.1) is 0 Å². The maximum Gasteiger partial charge on any atom is 0.335 e. The molecule has 0 radical (unpaired) electrons. The van der Waals surface area contributed by atoms with E-state index in [0.717, 1.165) is 0 Å². The number of hydrogen-bond acceptors (Lipinski definition) is 8. The summed E-state index contributed by atoms with van der Waals surface area (Å²) in [5, 5.41) is 35.5. The number of ketones is 2. The van der Waals surface area contributed by atoms with Crippen LogP contribution in [0.4, 0.5) is 5.69 Å². The highest BCUT2D eigenvalue weighted by Gasteiger charge is 2.48. The summed E-state index contributed by atoms with van der Waals surface area (Å²) < 4.78 is 0. The Morgan fingerprint density at radius 1 is 1.04 bits per heavy atom. The van der Waals surface area contributed by atoms with E-state index >= 15 is 0 Å². The van der Waals surface area contributed by atoms with E-state index in [1.165, 1.54) is 12.1 Å². The minimum Gasteiger partial charge on any atom is -0.478 e. The predicted octanol–water partition coefficient (Wildman–Crippen LogP) is 0.525. The minimum atomic E-state index is -1.40. The molecule has 10 heteroatoms. The van der Waals surface area contributed by atoms with Crippen molar-refractivity contribution < 1.29 is 24.6 Å². The first-order chi connectivity index (χ1) is 13.4. The van der Waals surface area contributed by atoms with Crippen LogP contribution < -0.4 is 5.32 Å². The summed E-state index contributed by atoms with van der Waals surface area (Å²) in [6, 6.07) is 10.3. The number of H-pyrrole nitrogens is 1. The molecular weight excluding hydrogens is 366 g/mol. The van der Waals surface area contributed by atoms with Crippen molar-refractivity contribution in [2.45, 2.75) is 12.1 Å². The summed E-state index contributed by atoms with van der Waals surface area (Å²) in [5.74, 6) is -2.31. The van der Waals surface area contributed by atoms with Crippen LogP contribution in [0.2, 0.25) is 0 Å². The molecule has 1 aliphatic carbocycles. The van der Waals surface area contributed by atoms with E-state index in [-0.39, 0.29) is 11.4 Å². The number of carbonyl (C=O) groups is 3. The number of nitrogens with one attached hydrogen (secondary N) is 2. The van der Waals surface area contributed by atoms with Crippen molar-refractivity contribution in [2.75, 3.05) is 5.32 Å². The van der Waals surface area contributed by atoms with Crippen molar-refractivity contribution in [3.63, 3.8) is 0 Å². The lowest BCUT2D eigenvalue weighted by Crippen LogP contribution is -2.61. The molecule has 1 heterocycles. The minimum absolute atomic E-state index is 0.118. The number of aliphatic hydroxyl groups is 1. The third-order valence-corrected chi connectivity index (χ3v) is 4.41. The maximum atomic E-state index is 11.7. The molecule has 2 aromatic carbocycles. The zero-order chi connectivity index (χ0) is 19.8. The number of Topliss-reactive ketones (excluding diaryl/α,β-unsaturated/α-hetero) is 2. The first-order valence-corrected chi connectivity index (χ1v) is 8.19.